The zero-order chi connectivity index (χ0) is 25.3. The Kier molecular flexibility index (Phi) is 6.55. The number of hydrogen-bond acceptors (Lipinski definition) is 6. The number of rotatable bonds is 7. The first kappa shape index (κ1) is 24.1. The molecule has 0 bridgehead atoms. The van der Waals surface area contributed by atoms with Gasteiger partial charge in [-0.05, 0) is 64.1 Å². The highest BCUT2D eigenvalue weighted by atomic mass is 32.2. The summed E-state index contributed by atoms with van der Waals surface area (Å²) in [5.41, 5.74) is 4.10. The van der Waals surface area contributed by atoms with E-state index in [1.807, 2.05) is 74.5 Å². The van der Waals surface area contributed by atoms with Gasteiger partial charge >= 0.3 is 0 Å². The van der Waals surface area contributed by atoms with Gasteiger partial charge in [-0.15, -0.1) is 0 Å². The van der Waals surface area contributed by atoms with E-state index in [1.54, 1.807) is 12.1 Å². The van der Waals surface area contributed by atoms with Gasteiger partial charge < -0.3 is 0 Å². The molecule has 0 aliphatic rings. The Balaban J connectivity index is 1.51. The fourth-order valence-corrected chi connectivity index (χ4v) is 5.90. The molecule has 0 saturated carbocycles. The van der Waals surface area contributed by atoms with Crippen molar-refractivity contribution >= 4 is 49.5 Å². The van der Waals surface area contributed by atoms with Gasteiger partial charge in [-0.1, -0.05) is 74.5 Å². The Bertz CT molecular complexity index is 1650. The third kappa shape index (κ3) is 4.87. The molecular formula is C28H25N3O3S2. The van der Waals surface area contributed by atoms with Crippen LogP contribution in [0, 0.1) is 0 Å². The zero-order valence-corrected chi connectivity index (χ0v) is 21.5. The van der Waals surface area contributed by atoms with E-state index in [-0.39, 0.29) is 10.8 Å². The number of aromatic nitrogens is 2. The molecule has 0 fully saturated rings. The van der Waals surface area contributed by atoms with Crippen LogP contribution in [0.15, 0.2) is 89.8 Å². The molecule has 0 saturated heterocycles. The number of nitrogens with zero attached hydrogens (tertiary/aromatic N) is 2. The van der Waals surface area contributed by atoms with E-state index in [9.17, 15) is 13.2 Å². The monoisotopic (exact) mass is 515 g/mol. The third-order valence-corrected chi connectivity index (χ3v) is 8.31. The minimum Gasteiger partial charge on any atom is -0.273 e. The predicted octanol–water partition coefficient (Wildman–Crippen LogP) is 5.80. The normalized spacial score (nSPS) is 12.8. The fraction of sp³-hybridized carbons (Fsp3) is 0.179. The summed E-state index contributed by atoms with van der Waals surface area (Å²) in [4.78, 5) is 13.7. The van der Waals surface area contributed by atoms with Gasteiger partial charge in [0.05, 0.1) is 22.5 Å². The second kappa shape index (κ2) is 9.79. The van der Waals surface area contributed by atoms with Crippen molar-refractivity contribution in [3.05, 3.63) is 102 Å². The standard InChI is InChI=1S/C28H25N3O3S2/c1-18(2)19-10-13-23(14-11-19)36(33,34)31-28(32)25(22-12-15-26-27(17-22)30-35-29-26)16-21-8-5-7-20-6-3-4-9-24(20)21/h3-15,17-18,25H,16H2,1-2H3,(H,31,32). The van der Waals surface area contributed by atoms with Crippen molar-refractivity contribution in [2.75, 3.05) is 0 Å². The van der Waals surface area contributed by atoms with Crippen LogP contribution in [0.5, 0.6) is 0 Å². The van der Waals surface area contributed by atoms with Crippen LogP contribution in [0.2, 0.25) is 0 Å². The average Bonchev–Trinajstić information content (AvgIpc) is 3.35. The third-order valence-electron chi connectivity index (χ3n) is 6.39. The quantitative estimate of drug-likeness (QED) is 0.296. The Morgan fingerprint density at radius 2 is 1.56 bits per heavy atom. The predicted molar refractivity (Wildman–Crippen MR) is 144 cm³/mol. The van der Waals surface area contributed by atoms with Crippen molar-refractivity contribution in [2.45, 2.75) is 37.0 Å². The Labute approximate surface area is 214 Å². The number of amides is 1. The SMILES string of the molecule is CC(C)c1ccc(S(=O)(=O)NC(=O)C(Cc2cccc3ccccc23)c2ccc3nsnc3c2)cc1. The highest BCUT2D eigenvalue weighted by molar-refractivity contribution is 7.90. The van der Waals surface area contributed by atoms with Gasteiger partial charge in [-0.25, -0.2) is 13.1 Å². The Morgan fingerprint density at radius 1 is 0.861 bits per heavy atom. The van der Waals surface area contributed by atoms with E-state index in [1.165, 1.54) is 12.1 Å². The van der Waals surface area contributed by atoms with Crippen molar-refractivity contribution < 1.29 is 13.2 Å². The first-order valence-corrected chi connectivity index (χ1v) is 13.9. The summed E-state index contributed by atoms with van der Waals surface area (Å²) >= 11 is 1.10. The Morgan fingerprint density at radius 3 is 2.33 bits per heavy atom. The molecule has 6 nitrogen and oxygen atoms in total. The van der Waals surface area contributed by atoms with Gasteiger partial charge in [0.1, 0.15) is 11.0 Å². The second-order valence-electron chi connectivity index (χ2n) is 9.10. The molecule has 182 valence electrons. The van der Waals surface area contributed by atoms with Crippen LogP contribution in [-0.2, 0) is 21.2 Å². The maximum atomic E-state index is 13.6. The van der Waals surface area contributed by atoms with Crippen LogP contribution in [-0.4, -0.2) is 23.1 Å². The minimum atomic E-state index is -4.05. The van der Waals surface area contributed by atoms with E-state index in [4.69, 9.17) is 0 Å². The zero-order valence-electron chi connectivity index (χ0n) is 19.9. The van der Waals surface area contributed by atoms with Crippen LogP contribution >= 0.6 is 11.7 Å². The van der Waals surface area contributed by atoms with Gasteiger partial charge in [0.25, 0.3) is 10.0 Å². The maximum absolute atomic E-state index is 13.6. The molecule has 0 spiro atoms. The van der Waals surface area contributed by atoms with Crippen LogP contribution < -0.4 is 4.72 Å². The van der Waals surface area contributed by atoms with Crippen LogP contribution in [0.4, 0.5) is 0 Å². The summed E-state index contributed by atoms with van der Waals surface area (Å²) in [5.74, 6) is -1.05. The van der Waals surface area contributed by atoms with E-state index in [2.05, 4.69) is 13.5 Å². The lowest BCUT2D eigenvalue weighted by atomic mass is 9.89. The van der Waals surface area contributed by atoms with Crippen molar-refractivity contribution in [2.24, 2.45) is 0 Å². The molecule has 0 aliphatic heterocycles. The van der Waals surface area contributed by atoms with Gasteiger partial charge in [0.2, 0.25) is 5.91 Å². The first-order valence-electron chi connectivity index (χ1n) is 11.7. The molecule has 1 unspecified atom stereocenters. The van der Waals surface area contributed by atoms with E-state index in [0.29, 0.717) is 17.5 Å². The number of sulfonamides is 1. The number of fused-ring (bicyclic) bond motifs is 2. The molecule has 1 N–H and O–H groups in total. The Hall–Kier alpha value is -3.62. The lowest BCUT2D eigenvalue weighted by Crippen LogP contribution is -2.35. The largest absolute Gasteiger partial charge is 0.273 e. The molecule has 5 rings (SSSR count). The molecule has 1 aromatic heterocycles. The molecule has 8 heteroatoms. The van der Waals surface area contributed by atoms with E-state index >= 15 is 0 Å². The summed E-state index contributed by atoms with van der Waals surface area (Å²) in [6.45, 7) is 4.08. The van der Waals surface area contributed by atoms with Gasteiger partial charge in [-0.2, -0.15) is 8.75 Å². The minimum absolute atomic E-state index is 0.0586. The van der Waals surface area contributed by atoms with Gasteiger partial charge in [0.15, 0.2) is 0 Å². The molecule has 1 heterocycles. The molecular weight excluding hydrogens is 490 g/mol. The summed E-state index contributed by atoms with van der Waals surface area (Å²) in [6, 6.07) is 26.0. The summed E-state index contributed by atoms with van der Waals surface area (Å²) in [5, 5.41) is 2.09. The van der Waals surface area contributed by atoms with Crippen molar-refractivity contribution in [3.63, 3.8) is 0 Å². The molecule has 1 atom stereocenters. The van der Waals surface area contributed by atoms with Crippen molar-refractivity contribution in [3.8, 4) is 0 Å². The highest BCUT2D eigenvalue weighted by Crippen LogP contribution is 2.29. The van der Waals surface area contributed by atoms with E-state index in [0.717, 1.165) is 39.1 Å². The van der Waals surface area contributed by atoms with Gasteiger partial charge in [-0.3, -0.25) is 4.79 Å². The van der Waals surface area contributed by atoms with Crippen molar-refractivity contribution in [1.29, 1.82) is 0 Å². The first-order chi connectivity index (χ1) is 17.3. The lowest BCUT2D eigenvalue weighted by Gasteiger charge is -2.19. The summed E-state index contributed by atoms with van der Waals surface area (Å²) in [7, 11) is -4.05. The molecule has 36 heavy (non-hydrogen) atoms. The summed E-state index contributed by atoms with van der Waals surface area (Å²) in [6.07, 6.45) is 0.331. The molecule has 5 aromatic rings. The summed E-state index contributed by atoms with van der Waals surface area (Å²) < 4.78 is 37.2. The van der Waals surface area contributed by atoms with Crippen LogP contribution in [0.3, 0.4) is 0 Å². The van der Waals surface area contributed by atoms with Crippen LogP contribution in [0.1, 0.15) is 42.4 Å². The number of carbonyl (C=O) groups is 1. The van der Waals surface area contributed by atoms with E-state index < -0.39 is 21.8 Å². The molecule has 1 amide bonds. The number of carbonyl (C=O) groups excluding carboxylic acids is 1. The number of hydrogen-bond donors (Lipinski definition) is 1. The maximum Gasteiger partial charge on any atom is 0.264 e. The number of benzene rings is 4. The average molecular weight is 516 g/mol. The lowest BCUT2D eigenvalue weighted by molar-refractivity contribution is -0.120. The number of nitrogens with one attached hydrogen (secondary N) is 1. The molecule has 4 aromatic carbocycles. The molecule has 0 radical (unpaired) electrons. The smallest absolute Gasteiger partial charge is 0.264 e. The van der Waals surface area contributed by atoms with Crippen molar-refractivity contribution in [1.82, 2.24) is 13.5 Å². The molecule has 0 aliphatic carbocycles. The topological polar surface area (TPSA) is 89.0 Å². The van der Waals surface area contributed by atoms with Crippen LogP contribution in [0.25, 0.3) is 21.8 Å². The fourth-order valence-electron chi connectivity index (χ4n) is 4.36. The highest BCUT2D eigenvalue weighted by Gasteiger charge is 2.27. The van der Waals surface area contributed by atoms with Gasteiger partial charge in [0, 0.05) is 0 Å². The second-order valence-corrected chi connectivity index (χ2v) is 11.3.